The van der Waals surface area contributed by atoms with Crippen molar-refractivity contribution >= 4 is 12.0 Å². The first kappa shape index (κ1) is 15.7. The van der Waals surface area contributed by atoms with Crippen LogP contribution in [0.15, 0.2) is 0 Å². The predicted molar refractivity (Wildman–Crippen MR) is 67.0 cm³/mol. The minimum atomic E-state index is -0.816. The first-order valence-electron chi connectivity index (χ1n) is 6.21. The molecule has 5 heteroatoms. The molecule has 0 unspecified atom stereocenters. The monoisotopic (exact) mass is 244 g/mol. The molecule has 0 rings (SSSR count). The molecule has 17 heavy (non-hydrogen) atoms. The van der Waals surface area contributed by atoms with Gasteiger partial charge in [-0.3, -0.25) is 4.79 Å². The molecule has 0 aliphatic carbocycles. The molecule has 0 heterocycles. The van der Waals surface area contributed by atoms with E-state index >= 15 is 0 Å². The van der Waals surface area contributed by atoms with Gasteiger partial charge in [0, 0.05) is 32.1 Å². The standard InChI is InChI=1S/C12H24N2O3/c1-5-13(6-2)12(17)14(10(3)4)9-7-8-11(15)16/h10H,5-9H2,1-4H3,(H,15,16). The second-order valence-electron chi connectivity index (χ2n) is 4.24. The number of carboxylic acids is 1. The second kappa shape index (κ2) is 7.92. The highest BCUT2D eigenvalue weighted by Gasteiger charge is 2.20. The van der Waals surface area contributed by atoms with Crippen LogP contribution in [-0.2, 0) is 4.79 Å². The summed E-state index contributed by atoms with van der Waals surface area (Å²) in [5, 5.41) is 8.59. The maximum Gasteiger partial charge on any atom is 0.320 e. The second-order valence-corrected chi connectivity index (χ2v) is 4.24. The highest BCUT2D eigenvalue weighted by atomic mass is 16.4. The van der Waals surface area contributed by atoms with Gasteiger partial charge in [-0.2, -0.15) is 0 Å². The number of carbonyl (C=O) groups is 2. The van der Waals surface area contributed by atoms with Gasteiger partial charge in [0.25, 0.3) is 0 Å². The Morgan fingerprint density at radius 2 is 1.71 bits per heavy atom. The van der Waals surface area contributed by atoms with Gasteiger partial charge in [0.15, 0.2) is 0 Å². The molecule has 2 amide bonds. The van der Waals surface area contributed by atoms with Crippen LogP contribution in [0.25, 0.3) is 0 Å². The van der Waals surface area contributed by atoms with Crippen molar-refractivity contribution in [3.63, 3.8) is 0 Å². The topological polar surface area (TPSA) is 60.9 Å². The van der Waals surface area contributed by atoms with Gasteiger partial charge >= 0.3 is 12.0 Å². The van der Waals surface area contributed by atoms with Crippen molar-refractivity contribution < 1.29 is 14.7 Å². The van der Waals surface area contributed by atoms with Crippen LogP contribution in [0.5, 0.6) is 0 Å². The fraction of sp³-hybridized carbons (Fsp3) is 0.833. The smallest absolute Gasteiger partial charge is 0.320 e. The van der Waals surface area contributed by atoms with E-state index < -0.39 is 5.97 Å². The number of aliphatic carboxylic acids is 1. The zero-order valence-corrected chi connectivity index (χ0v) is 11.3. The third-order valence-corrected chi connectivity index (χ3v) is 2.69. The Labute approximate surface area is 103 Å². The summed E-state index contributed by atoms with van der Waals surface area (Å²) in [6, 6.07) is 0.0901. The molecule has 0 aromatic carbocycles. The molecule has 0 atom stereocenters. The Balaban J connectivity index is 4.40. The normalized spacial score (nSPS) is 10.4. The third kappa shape index (κ3) is 5.56. The summed E-state index contributed by atoms with van der Waals surface area (Å²) in [5.41, 5.74) is 0. The summed E-state index contributed by atoms with van der Waals surface area (Å²) in [6.45, 7) is 9.63. The summed E-state index contributed by atoms with van der Waals surface area (Å²) in [4.78, 5) is 26.1. The molecule has 5 nitrogen and oxygen atoms in total. The average molecular weight is 244 g/mol. The van der Waals surface area contributed by atoms with Crippen molar-refractivity contribution in [2.24, 2.45) is 0 Å². The Morgan fingerprint density at radius 3 is 2.06 bits per heavy atom. The van der Waals surface area contributed by atoms with Gasteiger partial charge in [0.1, 0.15) is 0 Å². The Hall–Kier alpha value is -1.26. The van der Waals surface area contributed by atoms with E-state index in [1.54, 1.807) is 9.80 Å². The van der Waals surface area contributed by atoms with Crippen molar-refractivity contribution in [2.45, 2.75) is 46.6 Å². The number of nitrogens with zero attached hydrogens (tertiary/aromatic N) is 2. The Morgan fingerprint density at radius 1 is 1.18 bits per heavy atom. The molecule has 0 saturated carbocycles. The van der Waals surface area contributed by atoms with Crippen LogP contribution in [-0.4, -0.2) is 52.6 Å². The van der Waals surface area contributed by atoms with E-state index in [0.717, 1.165) is 0 Å². The lowest BCUT2D eigenvalue weighted by molar-refractivity contribution is -0.137. The zero-order chi connectivity index (χ0) is 13.4. The molecule has 0 bridgehead atoms. The first-order chi connectivity index (χ1) is 7.93. The third-order valence-electron chi connectivity index (χ3n) is 2.69. The lowest BCUT2D eigenvalue weighted by atomic mass is 10.2. The number of carbonyl (C=O) groups excluding carboxylic acids is 1. The molecule has 0 fully saturated rings. The van der Waals surface area contributed by atoms with Crippen molar-refractivity contribution in [3.05, 3.63) is 0 Å². The van der Waals surface area contributed by atoms with Crippen LogP contribution in [0.3, 0.4) is 0 Å². The minimum absolute atomic E-state index is 0.00427. The lowest BCUT2D eigenvalue weighted by Gasteiger charge is -2.32. The number of urea groups is 1. The van der Waals surface area contributed by atoms with E-state index in [4.69, 9.17) is 5.11 Å². The van der Waals surface area contributed by atoms with Gasteiger partial charge in [-0.05, 0) is 34.1 Å². The number of amides is 2. The van der Waals surface area contributed by atoms with Gasteiger partial charge in [0.2, 0.25) is 0 Å². The number of carboxylic acid groups (broad SMARTS) is 1. The summed E-state index contributed by atoms with van der Waals surface area (Å²) >= 11 is 0. The fourth-order valence-corrected chi connectivity index (χ4v) is 1.65. The Bertz CT molecular complexity index is 250. The van der Waals surface area contributed by atoms with E-state index in [2.05, 4.69) is 0 Å². The highest BCUT2D eigenvalue weighted by Crippen LogP contribution is 2.07. The van der Waals surface area contributed by atoms with Crippen LogP contribution in [0.2, 0.25) is 0 Å². The molecule has 100 valence electrons. The average Bonchev–Trinajstić information content (AvgIpc) is 2.25. The van der Waals surface area contributed by atoms with Gasteiger partial charge in [-0.15, -0.1) is 0 Å². The molecule has 0 saturated heterocycles. The predicted octanol–water partition coefficient (Wildman–Crippen LogP) is 2.02. The number of hydrogen-bond acceptors (Lipinski definition) is 2. The van der Waals surface area contributed by atoms with Gasteiger partial charge in [-0.1, -0.05) is 0 Å². The quantitative estimate of drug-likeness (QED) is 0.745. The van der Waals surface area contributed by atoms with E-state index in [9.17, 15) is 9.59 Å². The maximum absolute atomic E-state index is 12.1. The summed E-state index contributed by atoms with van der Waals surface area (Å²) in [5.74, 6) is -0.816. The van der Waals surface area contributed by atoms with Crippen molar-refractivity contribution in [2.75, 3.05) is 19.6 Å². The van der Waals surface area contributed by atoms with Gasteiger partial charge in [-0.25, -0.2) is 4.79 Å². The Kier molecular flexibility index (Phi) is 7.34. The van der Waals surface area contributed by atoms with Crippen molar-refractivity contribution in [1.29, 1.82) is 0 Å². The van der Waals surface area contributed by atoms with Crippen molar-refractivity contribution in [1.82, 2.24) is 9.80 Å². The molecule has 0 spiro atoms. The molecular formula is C12H24N2O3. The molecule has 0 aliphatic rings. The van der Waals surface area contributed by atoms with E-state index in [0.29, 0.717) is 26.1 Å². The maximum atomic E-state index is 12.1. The molecule has 0 aromatic rings. The molecular weight excluding hydrogens is 220 g/mol. The van der Waals surface area contributed by atoms with Gasteiger partial charge < -0.3 is 14.9 Å². The number of rotatable bonds is 7. The summed E-state index contributed by atoms with van der Waals surface area (Å²) in [7, 11) is 0. The molecule has 0 radical (unpaired) electrons. The van der Waals surface area contributed by atoms with E-state index in [1.165, 1.54) is 0 Å². The lowest BCUT2D eigenvalue weighted by Crippen LogP contribution is -2.46. The van der Waals surface area contributed by atoms with Crippen LogP contribution in [0.4, 0.5) is 4.79 Å². The SMILES string of the molecule is CCN(CC)C(=O)N(CCCC(=O)O)C(C)C. The highest BCUT2D eigenvalue weighted by molar-refractivity contribution is 5.74. The van der Waals surface area contributed by atoms with E-state index in [1.807, 2.05) is 27.7 Å². The van der Waals surface area contributed by atoms with Crippen LogP contribution in [0.1, 0.15) is 40.5 Å². The van der Waals surface area contributed by atoms with Crippen LogP contribution < -0.4 is 0 Å². The number of hydrogen-bond donors (Lipinski definition) is 1. The largest absolute Gasteiger partial charge is 0.481 e. The van der Waals surface area contributed by atoms with Crippen LogP contribution in [0, 0.1) is 0 Å². The summed E-state index contributed by atoms with van der Waals surface area (Å²) < 4.78 is 0. The molecule has 1 N–H and O–H groups in total. The first-order valence-corrected chi connectivity index (χ1v) is 6.21. The summed E-state index contributed by atoms with van der Waals surface area (Å²) in [6.07, 6.45) is 0.606. The zero-order valence-electron chi connectivity index (χ0n) is 11.3. The fourth-order valence-electron chi connectivity index (χ4n) is 1.65. The van der Waals surface area contributed by atoms with Crippen molar-refractivity contribution in [3.8, 4) is 0 Å². The minimum Gasteiger partial charge on any atom is -0.481 e. The van der Waals surface area contributed by atoms with E-state index in [-0.39, 0.29) is 18.5 Å². The van der Waals surface area contributed by atoms with Gasteiger partial charge in [0.05, 0.1) is 0 Å². The molecule has 0 aliphatic heterocycles. The van der Waals surface area contributed by atoms with Crippen LogP contribution >= 0.6 is 0 Å². The molecule has 0 aromatic heterocycles.